The van der Waals surface area contributed by atoms with Gasteiger partial charge in [-0.2, -0.15) is 0 Å². The fourth-order valence-corrected chi connectivity index (χ4v) is 2.43. The molecule has 16 heavy (non-hydrogen) atoms. The van der Waals surface area contributed by atoms with Crippen molar-refractivity contribution in [3.05, 3.63) is 35.9 Å². The number of hydrogen-bond acceptors (Lipinski definition) is 2. The van der Waals surface area contributed by atoms with E-state index in [-0.39, 0.29) is 0 Å². The number of rotatable bonds is 3. The van der Waals surface area contributed by atoms with Gasteiger partial charge >= 0.3 is 0 Å². The molecule has 1 heterocycles. The van der Waals surface area contributed by atoms with Crippen molar-refractivity contribution in [3.63, 3.8) is 0 Å². The van der Waals surface area contributed by atoms with Crippen molar-refractivity contribution >= 4 is 0 Å². The number of aliphatic hydroxyl groups is 1. The van der Waals surface area contributed by atoms with Crippen molar-refractivity contribution in [2.45, 2.75) is 31.8 Å². The Hall–Kier alpha value is -0.860. The Labute approximate surface area is 97.3 Å². The SMILES string of the molecule is CC(O)(CC1CCOCC1)c1ccccc1. The van der Waals surface area contributed by atoms with Gasteiger partial charge in [-0.05, 0) is 37.7 Å². The summed E-state index contributed by atoms with van der Waals surface area (Å²) in [6, 6.07) is 9.94. The van der Waals surface area contributed by atoms with Crippen LogP contribution in [0.5, 0.6) is 0 Å². The minimum atomic E-state index is -0.705. The predicted octanol–water partition coefficient (Wildman–Crippen LogP) is 2.71. The van der Waals surface area contributed by atoms with Crippen LogP contribution in [-0.4, -0.2) is 18.3 Å². The zero-order valence-corrected chi connectivity index (χ0v) is 9.86. The standard InChI is InChI=1S/C14H20O2/c1-14(15,13-5-3-2-4-6-13)11-12-7-9-16-10-8-12/h2-6,12,15H,7-11H2,1H3. The lowest BCUT2D eigenvalue weighted by Gasteiger charge is -2.31. The van der Waals surface area contributed by atoms with E-state index >= 15 is 0 Å². The van der Waals surface area contributed by atoms with Crippen LogP contribution < -0.4 is 0 Å². The summed E-state index contributed by atoms with van der Waals surface area (Å²) in [7, 11) is 0. The van der Waals surface area contributed by atoms with E-state index in [1.165, 1.54) is 0 Å². The molecule has 0 aromatic heterocycles. The minimum absolute atomic E-state index is 0.587. The summed E-state index contributed by atoms with van der Waals surface area (Å²) in [4.78, 5) is 0. The van der Waals surface area contributed by atoms with Crippen LogP contribution >= 0.6 is 0 Å². The highest BCUT2D eigenvalue weighted by Crippen LogP contribution is 2.32. The van der Waals surface area contributed by atoms with Crippen molar-refractivity contribution in [1.82, 2.24) is 0 Å². The molecule has 0 spiro atoms. The molecule has 1 aromatic carbocycles. The van der Waals surface area contributed by atoms with E-state index in [0.29, 0.717) is 5.92 Å². The molecule has 2 heteroatoms. The van der Waals surface area contributed by atoms with Crippen molar-refractivity contribution in [1.29, 1.82) is 0 Å². The Morgan fingerprint density at radius 2 is 1.88 bits per heavy atom. The molecular formula is C14H20O2. The first-order valence-electron chi connectivity index (χ1n) is 6.04. The van der Waals surface area contributed by atoms with Gasteiger partial charge in [0.25, 0.3) is 0 Å². The van der Waals surface area contributed by atoms with E-state index in [0.717, 1.165) is 38.0 Å². The van der Waals surface area contributed by atoms with E-state index in [1.807, 2.05) is 37.3 Å². The van der Waals surface area contributed by atoms with E-state index in [1.54, 1.807) is 0 Å². The van der Waals surface area contributed by atoms with Gasteiger partial charge in [-0.15, -0.1) is 0 Å². The second-order valence-electron chi connectivity index (χ2n) is 4.90. The molecule has 1 aliphatic rings. The maximum atomic E-state index is 10.5. The van der Waals surface area contributed by atoms with Gasteiger partial charge in [0.2, 0.25) is 0 Å². The Bertz CT molecular complexity index is 313. The normalized spacial score (nSPS) is 21.6. The Balaban J connectivity index is 2.01. The maximum Gasteiger partial charge on any atom is 0.0871 e. The Morgan fingerprint density at radius 1 is 1.25 bits per heavy atom. The quantitative estimate of drug-likeness (QED) is 0.848. The van der Waals surface area contributed by atoms with Gasteiger partial charge in [0.1, 0.15) is 0 Å². The summed E-state index contributed by atoms with van der Waals surface area (Å²) in [6.07, 6.45) is 2.98. The lowest BCUT2D eigenvalue weighted by atomic mass is 9.83. The molecule has 1 atom stereocenters. The zero-order chi connectivity index (χ0) is 11.4. The fourth-order valence-electron chi connectivity index (χ4n) is 2.43. The molecule has 88 valence electrons. The van der Waals surface area contributed by atoms with Gasteiger partial charge in [0, 0.05) is 13.2 Å². The molecule has 2 rings (SSSR count). The molecule has 2 nitrogen and oxygen atoms in total. The molecule has 0 amide bonds. The largest absolute Gasteiger partial charge is 0.385 e. The van der Waals surface area contributed by atoms with Gasteiger partial charge in [0.05, 0.1) is 5.60 Å². The molecular weight excluding hydrogens is 200 g/mol. The summed E-state index contributed by atoms with van der Waals surface area (Å²) in [5, 5.41) is 10.5. The molecule has 1 unspecified atom stereocenters. The fraction of sp³-hybridized carbons (Fsp3) is 0.571. The second kappa shape index (κ2) is 4.98. The Kier molecular flexibility index (Phi) is 3.62. The van der Waals surface area contributed by atoms with Gasteiger partial charge < -0.3 is 9.84 Å². The highest BCUT2D eigenvalue weighted by Gasteiger charge is 2.28. The highest BCUT2D eigenvalue weighted by molar-refractivity contribution is 5.21. The molecule has 0 saturated carbocycles. The molecule has 1 N–H and O–H groups in total. The Morgan fingerprint density at radius 3 is 2.50 bits per heavy atom. The van der Waals surface area contributed by atoms with Gasteiger partial charge in [-0.1, -0.05) is 30.3 Å². The van der Waals surface area contributed by atoms with Crippen LogP contribution in [-0.2, 0) is 10.3 Å². The van der Waals surface area contributed by atoms with Crippen LogP contribution in [0.2, 0.25) is 0 Å². The van der Waals surface area contributed by atoms with Crippen molar-refractivity contribution in [2.75, 3.05) is 13.2 Å². The van der Waals surface area contributed by atoms with E-state index in [4.69, 9.17) is 4.74 Å². The molecule has 0 aliphatic carbocycles. The number of ether oxygens (including phenoxy) is 1. The summed E-state index contributed by atoms with van der Waals surface area (Å²) < 4.78 is 5.34. The van der Waals surface area contributed by atoms with Crippen LogP contribution in [0.3, 0.4) is 0 Å². The first-order valence-corrected chi connectivity index (χ1v) is 6.04. The molecule has 1 saturated heterocycles. The third-order valence-electron chi connectivity index (χ3n) is 3.42. The molecule has 1 aromatic rings. The summed E-state index contributed by atoms with van der Waals surface area (Å²) in [5.41, 5.74) is 0.310. The van der Waals surface area contributed by atoms with Gasteiger partial charge in [-0.25, -0.2) is 0 Å². The van der Waals surface area contributed by atoms with Crippen LogP contribution in [0, 0.1) is 5.92 Å². The van der Waals surface area contributed by atoms with Gasteiger partial charge in [-0.3, -0.25) is 0 Å². The molecule has 1 fully saturated rings. The average molecular weight is 220 g/mol. The summed E-state index contributed by atoms with van der Waals surface area (Å²) in [5.74, 6) is 0.587. The predicted molar refractivity (Wildman–Crippen MR) is 64.2 cm³/mol. The lowest BCUT2D eigenvalue weighted by molar-refractivity contribution is -0.00304. The summed E-state index contributed by atoms with van der Waals surface area (Å²) in [6.45, 7) is 3.60. The third-order valence-corrected chi connectivity index (χ3v) is 3.42. The average Bonchev–Trinajstić information content (AvgIpc) is 2.31. The first kappa shape index (κ1) is 11.6. The number of hydrogen-bond donors (Lipinski definition) is 1. The van der Waals surface area contributed by atoms with Gasteiger partial charge in [0.15, 0.2) is 0 Å². The van der Waals surface area contributed by atoms with Crippen molar-refractivity contribution in [2.24, 2.45) is 5.92 Å². The van der Waals surface area contributed by atoms with Crippen molar-refractivity contribution in [3.8, 4) is 0 Å². The lowest BCUT2D eigenvalue weighted by Crippen LogP contribution is -2.28. The molecule has 0 bridgehead atoms. The summed E-state index contributed by atoms with van der Waals surface area (Å²) >= 11 is 0. The van der Waals surface area contributed by atoms with Crippen LogP contribution in [0.25, 0.3) is 0 Å². The first-order chi connectivity index (χ1) is 7.68. The maximum absolute atomic E-state index is 10.5. The molecule has 1 aliphatic heterocycles. The minimum Gasteiger partial charge on any atom is -0.385 e. The van der Waals surface area contributed by atoms with E-state index in [2.05, 4.69) is 0 Å². The molecule has 0 radical (unpaired) electrons. The zero-order valence-electron chi connectivity index (χ0n) is 9.86. The van der Waals surface area contributed by atoms with E-state index in [9.17, 15) is 5.11 Å². The van der Waals surface area contributed by atoms with E-state index < -0.39 is 5.60 Å². The highest BCUT2D eigenvalue weighted by atomic mass is 16.5. The van der Waals surface area contributed by atoms with Crippen molar-refractivity contribution < 1.29 is 9.84 Å². The van der Waals surface area contributed by atoms with Crippen LogP contribution in [0.1, 0.15) is 31.7 Å². The number of benzene rings is 1. The second-order valence-corrected chi connectivity index (χ2v) is 4.90. The van der Waals surface area contributed by atoms with Crippen LogP contribution in [0.15, 0.2) is 30.3 Å². The topological polar surface area (TPSA) is 29.5 Å². The monoisotopic (exact) mass is 220 g/mol. The van der Waals surface area contributed by atoms with Crippen LogP contribution in [0.4, 0.5) is 0 Å². The third kappa shape index (κ3) is 2.83. The smallest absolute Gasteiger partial charge is 0.0871 e.